The van der Waals surface area contributed by atoms with Gasteiger partial charge >= 0.3 is 11.8 Å². The van der Waals surface area contributed by atoms with E-state index in [1.165, 1.54) is 11.1 Å². The minimum atomic E-state index is -0.543. The van der Waals surface area contributed by atoms with Crippen LogP contribution in [0, 0.1) is 0 Å². The number of hydrogen-bond donors (Lipinski definition) is 1. The van der Waals surface area contributed by atoms with Crippen LogP contribution in [0.25, 0.3) is 0 Å². The molecule has 1 fully saturated rings. The number of hydrogen-bond acceptors (Lipinski definition) is 3. The van der Waals surface area contributed by atoms with Gasteiger partial charge in [0.15, 0.2) is 0 Å². The maximum atomic E-state index is 12.5. The van der Waals surface area contributed by atoms with Crippen molar-refractivity contribution in [3.05, 3.63) is 71.8 Å². The van der Waals surface area contributed by atoms with Crippen LogP contribution in [0.2, 0.25) is 0 Å². The Hall–Kier alpha value is -2.66. The van der Waals surface area contributed by atoms with E-state index in [-0.39, 0.29) is 18.1 Å². The third-order valence-corrected chi connectivity index (χ3v) is 4.94. The summed E-state index contributed by atoms with van der Waals surface area (Å²) in [5.41, 5.74) is 2.44. The van der Waals surface area contributed by atoms with Crippen molar-refractivity contribution in [1.82, 2.24) is 10.2 Å². The second-order valence-corrected chi connectivity index (χ2v) is 7.48. The fourth-order valence-electron chi connectivity index (χ4n) is 3.61. The molecule has 0 aromatic heterocycles. The highest BCUT2D eigenvalue weighted by Crippen LogP contribution is 2.30. The molecule has 2 aromatic carbocycles. The number of carbonyl (C=O) groups is 2. The molecule has 1 aliphatic rings. The molecule has 1 saturated heterocycles. The number of ether oxygens (including phenoxy) is 1. The van der Waals surface area contributed by atoms with Gasteiger partial charge in [-0.3, -0.25) is 9.59 Å². The van der Waals surface area contributed by atoms with Crippen LogP contribution < -0.4 is 5.32 Å². The van der Waals surface area contributed by atoms with Crippen molar-refractivity contribution >= 4 is 11.8 Å². The quantitative estimate of drug-likeness (QED) is 0.812. The van der Waals surface area contributed by atoms with E-state index in [1.54, 1.807) is 4.90 Å². The third kappa shape index (κ3) is 5.20. The van der Waals surface area contributed by atoms with Gasteiger partial charge in [-0.25, -0.2) is 0 Å². The summed E-state index contributed by atoms with van der Waals surface area (Å²) in [6.07, 6.45) is 0.638. The number of benzene rings is 2. The molecular weight excluding hydrogens is 352 g/mol. The average Bonchev–Trinajstić information content (AvgIpc) is 2.72. The van der Waals surface area contributed by atoms with Crippen molar-refractivity contribution in [2.45, 2.75) is 38.3 Å². The first-order valence-corrected chi connectivity index (χ1v) is 9.86. The lowest BCUT2D eigenvalue weighted by molar-refractivity contribution is -0.151. The lowest BCUT2D eigenvalue weighted by Gasteiger charge is -2.34. The van der Waals surface area contributed by atoms with E-state index >= 15 is 0 Å². The first-order valence-electron chi connectivity index (χ1n) is 9.86. The molecule has 1 aliphatic heterocycles. The zero-order chi connectivity index (χ0) is 19.9. The third-order valence-electron chi connectivity index (χ3n) is 4.94. The molecule has 1 atom stereocenters. The Morgan fingerprint density at radius 2 is 1.61 bits per heavy atom. The minimum Gasteiger partial charge on any atom is -0.375 e. The average molecular weight is 380 g/mol. The molecule has 0 saturated carbocycles. The number of nitrogens with zero attached hydrogens (tertiary/aromatic N) is 1. The van der Waals surface area contributed by atoms with E-state index in [0.29, 0.717) is 19.7 Å². The summed E-state index contributed by atoms with van der Waals surface area (Å²) in [5.74, 6) is -0.844. The SMILES string of the molecule is CC(C)NC(=O)C(=O)N1CCOC(CC(c2ccccc2)c2ccccc2)C1. The first-order chi connectivity index (χ1) is 13.5. The van der Waals surface area contributed by atoms with E-state index in [1.807, 2.05) is 50.2 Å². The van der Waals surface area contributed by atoms with Gasteiger partial charge in [0.1, 0.15) is 0 Å². The second kappa shape index (κ2) is 9.51. The van der Waals surface area contributed by atoms with Crippen LogP contribution >= 0.6 is 0 Å². The molecule has 28 heavy (non-hydrogen) atoms. The van der Waals surface area contributed by atoms with Crippen LogP contribution in [-0.4, -0.2) is 48.6 Å². The highest BCUT2D eigenvalue weighted by molar-refractivity contribution is 6.35. The Kier molecular flexibility index (Phi) is 6.82. The summed E-state index contributed by atoms with van der Waals surface area (Å²) in [6.45, 7) is 5.01. The van der Waals surface area contributed by atoms with Gasteiger partial charge in [-0.15, -0.1) is 0 Å². The molecular formula is C23H28N2O3. The lowest BCUT2D eigenvalue weighted by Crippen LogP contribution is -2.51. The Bertz CT molecular complexity index is 737. The Labute approximate surface area is 166 Å². The highest BCUT2D eigenvalue weighted by atomic mass is 16.5. The minimum absolute atomic E-state index is 0.0613. The maximum Gasteiger partial charge on any atom is 0.312 e. The van der Waals surface area contributed by atoms with Crippen molar-refractivity contribution < 1.29 is 14.3 Å². The van der Waals surface area contributed by atoms with Gasteiger partial charge in [-0.2, -0.15) is 0 Å². The Balaban J connectivity index is 1.72. The van der Waals surface area contributed by atoms with Gasteiger partial charge in [0.25, 0.3) is 0 Å². The van der Waals surface area contributed by atoms with Crippen LogP contribution in [0.5, 0.6) is 0 Å². The fraction of sp³-hybridized carbons (Fsp3) is 0.391. The standard InChI is InChI=1S/C23H28N2O3/c1-17(2)24-22(26)23(27)25-13-14-28-20(16-25)15-21(18-9-5-3-6-10-18)19-11-7-4-8-12-19/h3-12,17,20-21H,13-16H2,1-2H3,(H,24,26). The van der Waals surface area contributed by atoms with Gasteiger partial charge in [-0.05, 0) is 31.4 Å². The Morgan fingerprint density at radius 1 is 1.04 bits per heavy atom. The summed E-state index contributed by atoms with van der Waals surface area (Å²) in [4.78, 5) is 26.2. The van der Waals surface area contributed by atoms with E-state index in [4.69, 9.17) is 4.74 Å². The molecule has 0 aliphatic carbocycles. The monoisotopic (exact) mass is 380 g/mol. The largest absolute Gasteiger partial charge is 0.375 e. The number of carbonyl (C=O) groups excluding carboxylic acids is 2. The molecule has 1 N–H and O–H groups in total. The van der Waals surface area contributed by atoms with Gasteiger partial charge in [0.05, 0.1) is 12.7 Å². The van der Waals surface area contributed by atoms with Gasteiger partial charge in [0, 0.05) is 25.0 Å². The summed E-state index contributed by atoms with van der Waals surface area (Å²) in [6, 6.07) is 20.6. The lowest BCUT2D eigenvalue weighted by atomic mass is 9.86. The second-order valence-electron chi connectivity index (χ2n) is 7.48. The maximum absolute atomic E-state index is 12.5. The van der Waals surface area contributed by atoms with Crippen molar-refractivity contribution in [3.8, 4) is 0 Å². The van der Waals surface area contributed by atoms with E-state index < -0.39 is 11.8 Å². The normalized spacial score (nSPS) is 17.0. The zero-order valence-corrected chi connectivity index (χ0v) is 16.5. The first kappa shape index (κ1) is 20.1. The van der Waals surface area contributed by atoms with Crippen molar-refractivity contribution in [1.29, 1.82) is 0 Å². The Morgan fingerprint density at radius 3 is 2.14 bits per heavy atom. The molecule has 0 spiro atoms. The highest BCUT2D eigenvalue weighted by Gasteiger charge is 2.30. The molecule has 3 rings (SSSR count). The van der Waals surface area contributed by atoms with Crippen LogP contribution in [0.15, 0.2) is 60.7 Å². The van der Waals surface area contributed by atoms with Gasteiger partial charge in [0.2, 0.25) is 0 Å². The van der Waals surface area contributed by atoms with E-state index in [0.717, 1.165) is 6.42 Å². The number of morpholine rings is 1. The molecule has 1 unspecified atom stereocenters. The molecule has 148 valence electrons. The van der Waals surface area contributed by atoms with E-state index in [9.17, 15) is 9.59 Å². The van der Waals surface area contributed by atoms with Crippen molar-refractivity contribution in [2.24, 2.45) is 0 Å². The molecule has 1 heterocycles. The van der Waals surface area contributed by atoms with E-state index in [2.05, 4.69) is 29.6 Å². The summed E-state index contributed by atoms with van der Waals surface area (Å²) < 4.78 is 5.97. The van der Waals surface area contributed by atoms with Gasteiger partial charge < -0.3 is 15.0 Å². The molecule has 5 heteroatoms. The number of rotatable bonds is 5. The molecule has 2 amide bonds. The molecule has 5 nitrogen and oxygen atoms in total. The van der Waals surface area contributed by atoms with Crippen LogP contribution in [0.1, 0.15) is 37.3 Å². The summed E-state index contributed by atoms with van der Waals surface area (Å²) in [5, 5.41) is 2.68. The van der Waals surface area contributed by atoms with Crippen molar-refractivity contribution in [2.75, 3.05) is 19.7 Å². The zero-order valence-electron chi connectivity index (χ0n) is 16.5. The van der Waals surface area contributed by atoms with Crippen LogP contribution in [-0.2, 0) is 14.3 Å². The topological polar surface area (TPSA) is 58.6 Å². The molecule has 0 radical (unpaired) electrons. The van der Waals surface area contributed by atoms with Crippen molar-refractivity contribution in [3.63, 3.8) is 0 Å². The molecule has 2 aromatic rings. The number of amides is 2. The van der Waals surface area contributed by atoms with Crippen LogP contribution in [0.3, 0.4) is 0 Å². The van der Waals surface area contributed by atoms with Crippen LogP contribution in [0.4, 0.5) is 0 Å². The number of nitrogens with one attached hydrogen (secondary N) is 1. The summed E-state index contributed by atoms with van der Waals surface area (Å²) >= 11 is 0. The molecule has 0 bridgehead atoms. The predicted molar refractivity (Wildman–Crippen MR) is 109 cm³/mol. The smallest absolute Gasteiger partial charge is 0.312 e. The summed E-state index contributed by atoms with van der Waals surface area (Å²) in [7, 11) is 0. The fourth-order valence-corrected chi connectivity index (χ4v) is 3.61. The predicted octanol–water partition coefficient (Wildman–Crippen LogP) is 2.96. The van der Waals surface area contributed by atoms with Gasteiger partial charge in [-0.1, -0.05) is 60.7 Å².